The van der Waals surface area contributed by atoms with Crippen molar-refractivity contribution in [1.82, 2.24) is 0 Å². The first kappa shape index (κ1) is 18.0. The molecule has 1 aromatic rings. The predicted molar refractivity (Wildman–Crippen MR) is 104 cm³/mol. The zero-order valence-corrected chi connectivity index (χ0v) is 16.8. The molecule has 4 saturated carbocycles. The monoisotopic (exact) mass is 374 g/mol. The number of aryl methyl sites for hydroxylation is 1. The van der Waals surface area contributed by atoms with E-state index in [9.17, 15) is 9.59 Å². The Balaban J connectivity index is 1.61. The van der Waals surface area contributed by atoms with E-state index in [1.807, 2.05) is 6.92 Å². The van der Waals surface area contributed by atoms with Crippen LogP contribution in [0.5, 0.6) is 0 Å². The van der Waals surface area contributed by atoms with Crippen LogP contribution in [-0.4, -0.2) is 19.0 Å². The smallest absolute Gasteiger partial charge is 0.341 e. The second-order valence-electron chi connectivity index (χ2n) is 8.75. The number of ether oxygens (including phenoxy) is 1. The Bertz CT molecular complexity index is 701. The molecular weight excluding hydrogens is 345 g/mol. The Labute approximate surface area is 159 Å². The number of thiophene rings is 1. The van der Waals surface area contributed by atoms with Crippen LogP contribution in [0.25, 0.3) is 0 Å². The van der Waals surface area contributed by atoms with E-state index in [1.165, 1.54) is 31.2 Å². The van der Waals surface area contributed by atoms with E-state index >= 15 is 0 Å². The molecule has 4 aliphatic rings. The molecule has 26 heavy (non-hydrogen) atoms. The van der Waals surface area contributed by atoms with Crippen LogP contribution in [0.4, 0.5) is 5.00 Å². The third-order valence-electron chi connectivity index (χ3n) is 6.86. The highest BCUT2D eigenvalue weighted by Crippen LogP contribution is 2.60. The van der Waals surface area contributed by atoms with Gasteiger partial charge in [-0.15, -0.1) is 11.3 Å². The van der Waals surface area contributed by atoms with Crippen LogP contribution < -0.4 is 5.32 Å². The lowest BCUT2D eigenvalue weighted by molar-refractivity contribution is -0.140. The fraction of sp³-hybridized carbons (Fsp3) is 0.714. The zero-order chi connectivity index (χ0) is 18.5. The number of amides is 1. The summed E-state index contributed by atoms with van der Waals surface area (Å²) in [6.07, 6.45) is 8.99. The molecule has 0 unspecified atom stereocenters. The molecule has 1 heterocycles. The van der Waals surface area contributed by atoms with E-state index in [1.54, 1.807) is 11.3 Å². The van der Waals surface area contributed by atoms with Gasteiger partial charge >= 0.3 is 5.97 Å². The molecule has 0 radical (unpaired) electrons. The topological polar surface area (TPSA) is 55.4 Å². The highest BCUT2D eigenvalue weighted by molar-refractivity contribution is 7.17. The number of rotatable bonds is 5. The lowest BCUT2D eigenvalue weighted by Gasteiger charge is -2.55. The molecule has 1 amide bonds. The first-order chi connectivity index (χ1) is 12.5. The normalized spacial score (nSPS) is 31.9. The molecule has 4 bridgehead atoms. The van der Waals surface area contributed by atoms with Crippen molar-refractivity contribution < 1.29 is 14.3 Å². The minimum absolute atomic E-state index is 0.144. The van der Waals surface area contributed by atoms with E-state index in [-0.39, 0.29) is 17.3 Å². The number of hydrogen-bond acceptors (Lipinski definition) is 4. The van der Waals surface area contributed by atoms with Crippen molar-refractivity contribution in [3.8, 4) is 0 Å². The summed E-state index contributed by atoms with van der Waals surface area (Å²) in [6.45, 7) is 4.10. The van der Waals surface area contributed by atoms with Gasteiger partial charge in [0.1, 0.15) is 5.00 Å². The number of nitrogens with one attached hydrogen (secondary N) is 1. The van der Waals surface area contributed by atoms with Crippen molar-refractivity contribution in [2.45, 2.75) is 65.2 Å². The van der Waals surface area contributed by atoms with Gasteiger partial charge in [-0.3, -0.25) is 4.79 Å². The summed E-state index contributed by atoms with van der Waals surface area (Å²) < 4.78 is 5.00. The van der Waals surface area contributed by atoms with Gasteiger partial charge in [0.25, 0.3) is 0 Å². The maximum absolute atomic E-state index is 13.4. The molecule has 4 nitrogen and oxygen atoms in total. The summed E-state index contributed by atoms with van der Waals surface area (Å²) in [6, 6.07) is 0. The van der Waals surface area contributed by atoms with Crippen LogP contribution in [0.1, 0.15) is 72.7 Å². The first-order valence-electron chi connectivity index (χ1n) is 9.97. The molecule has 0 spiro atoms. The molecular formula is C21H29NO3S. The number of anilines is 1. The van der Waals surface area contributed by atoms with E-state index in [0.717, 1.165) is 55.4 Å². The number of methoxy groups -OCH3 is 1. The Kier molecular flexibility index (Phi) is 4.62. The first-order valence-corrected chi connectivity index (χ1v) is 10.8. The number of hydrogen-bond donors (Lipinski definition) is 1. The van der Waals surface area contributed by atoms with E-state index in [2.05, 4.69) is 12.2 Å². The highest BCUT2D eigenvalue weighted by atomic mass is 32.1. The third-order valence-corrected chi connectivity index (χ3v) is 8.13. The van der Waals surface area contributed by atoms with E-state index in [0.29, 0.717) is 10.6 Å². The van der Waals surface area contributed by atoms with Crippen molar-refractivity contribution in [3.63, 3.8) is 0 Å². The number of carbonyl (C=O) groups is 2. The average Bonchev–Trinajstić information content (AvgIpc) is 2.89. The summed E-state index contributed by atoms with van der Waals surface area (Å²) >= 11 is 1.55. The summed E-state index contributed by atoms with van der Waals surface area (Å²) in [5.41, 5.74) is 1.31. The largest absolute Gasteiger partial charge is 0.465 e. The van der Waals surface area contributed by atoms with Gasteiger partial charge in [-0.25, -0.2) is 4.79 Å². The minimum atomic E-state index is -0.345. The molecule has 0 aromatic carbocycles. The van der Waals surface area contributed by atoms with Gasteiger partial charge in [0.15, 0.2) is 0 Å². The third kappa shape index (κ3) is 2.88. The number of carbonyl (C=O) groups excluding carboxylic acids is 2. The van der Waals surface area contributed by atoms with Gasteiger partial charge in [-0.05, 0) is 75.2 Å². The fourth-order valence-electron chi connectivity index (χ4n) is 6.09. The van der Waals surface area contributed by atoms with Gasteiger partial charge in [-0.2, -0.15) is 0 Å². The summed E-state index contributed by atoms with van der Waals surface area (Å²) in [4.78, 5) is 26.9. The van der Waals surface area contributed by atoms with Crippen LogP contribution >= 0.6 is 11.3 Å². The molecule has 142 valence electrons. The minimum Gasteiger partial charge on any atom is -0.465 e. The van der Waals surface area contributed by atoms with E-state index < -0.39 is 0 Å². The van der Waals surface area contributed by atoms with Crippen molar-refractivity contribution in [1.29, 1.82) is 0 Å². The molecule has 1 N–H and O–H groups in total. The van der Waals surface area contributed by atoms with Crippen LogP contribution in [0.2, 0.25) is 0 Å². The second kappa shape index (κ2) is 6.66. The van der Waals surface area contributed by atoms with Crippen LogP contribution in [-0.2, 0) is 16.0 Å². The maximum Gasteiger partial charge on any atom is 0.341 e. The van der Waals surface area contributed by atoms with E-state index in [4.69, 9.17) is 4.74 Å². The molecule has 0 aliphatic heterocycles. The van der Waals surface area contributed by atoms with Crippen molar-refractivity contribution in [2.75, 3.05) is 12.4 Å². The van der Waals surface area contributed by atoms with Crippen LogP contribution in [0.3, 0.4) is 0 Å². The molecule has 5 heteroatoms. The van der Waals surface area contributed by atoms with Gasteiger partial charge in [0, 0.05) is 4.88 Å². The molecule has 1 aromatic heterocycles. The van der Waals surface area contributed by atoms with Crippen molar-refractivity contribution in [2.24, 2.45) is 23.2 Å². The SMILES string of the molecule is CCCc1sc(NC(=O)C23CC4CC(CC(C4)C2)C3)c(C(=O)O[11CH3])c1C. The standard InChI is InChI=1S/C21H29NO3S/c1-4-5-16-12(2)17(19(23)25-3)18(26-16)22-20(24)21-9-13-6-14(10-21)8-15(7-13)11-21/h13-15H,4-11H2,1-3H3,(H,22,24)/i3-1. The van der Waals surface area contributed by atoms with Gasteiger partial charge in [-0.1, -0.05) is 13.3 Å². The Morgan fingerprint density at radius 1 is 1.15 bits per heavy atom. The maximum atomic E-state index is 13.4. The van der Waals surface area contributed by atoms with Crippen LogP contribution in [0.15, 0.2) is 0 Å². The fourth-order valence-corrected chi connectivity index (χ4v) is 7.38. The Morgan fingerprint density at radius 3 is 2.23 bits per heavy atom. The van der Waals surface area contributed by atoms with Crippen molar-refractivity contribution >= 4 is 28.2 Å². The quantitative estimate of drug-likeness (QED) is 0.742. The molecule has 4 fully saturated rings. The van der Waals surface area contributed by atoms with Gasteiger partial charge in [0.05, 0.1) is 18.1 Å². The van der Waals surface area contributed by atoms with Crippen LogP contribution in [0, 0.1) is 30.1 Å². The highest BCUT2D eigenvalue weighted by Gasteiger charge is 2.54. The van der Waals surface area contributed by atoms with Gasteiger partial charge in [0.2, 0.25) is 5.91 Å². The number of esters is 1. The summed E-state index contributed by atoms with van der Waals surface area (Å²) in [5, 5.41) is 3.87. The molecule has 0 atom stereocenters. The molecule has 0 saturated heterocycles. The predicted octanol–water partition coefficient (Wildman–Crippen LogP) is 4.95. The lowest BCUT2D eigenvalue weighted by atomic mass is 9.49. The Morgan fingerprint density at radius 2 is 1.73 bits per heavy atom. The Hall–Kier alpha value is -1.36. The second-order valence-corrected chi connectivity index (χ2v) is 9.85. The molecule has 5 rings (SSSR count). The van der Waals surface area contributed by atoms with Crippen molar-refractivity contribution in [3.05, 3.63) is 16.0 Å². The lowest BCUT2D eigenvalue weighted by Crippen LogP contribution is -2.51. The zero-order valence-electron chi connectivity index (χ0n) is 16.0. The summed E-state index contributed by atoms with van der Waals surface area (Å²) in [7, 11) is 1.41. The summed E-state index contributed by atoms with van der Waals surface area (Å²) in [5.74, 6) is 1.99. The average molecular weight is 375 g/mol. The van der Waals surface area contributed by atoms with Gasteiger partial charge < -0.3 is 10.1 Å². The molecule has 4 aliphatic carbocycles.